The van der Waals surface area contributed by atoms with Crippen LogP contribution in [-0.4, -0.2) is 30.6 Å². The molecule has 0 radical (unpaired) electrons. The van der Waals surface area contributed by atoms with Crippen molar-refractivity contribution in [3.05, 3.63) is 58.7 Å². The highest BCUT2D eigenvalue weighted by Crippen LogP contribution is 2.31. The number of aryl methyl sites for hydroxylation is 3. The first kappa shape index (κ1) is 16.3. The molecule has 0 bridgehead atoms. The van der Waals surface area contributed by atoms with Crippen molar-refractivity contribution in [2.45, 2.75) is 20.8 Å². The maximum Gasteiger partial charge on any atom is 0.266 e. The number of amides is 1. The van der Waals surface area contributed by atoms with E-state index in [1.807, 2.05) is 33.0 Å². The summed E-state index contributed by atoms with van der Waals surface area (Å²) in [6, 6.07) is 5.44. The molecule has 26 heavy (non-hydrogen) atoms. The van der Waals surface area contributed by atoms with Crippen molar-refractivity contribution in [1.29, 1.82) is 0 Å². The van der Waals surface area contributed by atoms with Crippen molar-refractivity contribution in [3.63, 3.8) is 0 Å². The minimum absolute atomic E-state index is 0.170. The predicted molar refractivity (Wildman–Crippen MR) is 101 cm³/mol. The van der Waals surface area contributed by atoms with E-state index >= 15 is 0 Å². The second kappa shape index (κ2) is 6.30. The Hall–Kier alpha value is -3.13. The van der Waals surface area contributed by atoms with Crippen molar-refractivity contribution < 1.29 is 4.79 Å². The summed E-state index contributed by atoms with van der Waals surface area (Å²) < 4.78 is 1.66. The Bertz CT molecular complexity index is 1100. The van der Waals surface area contributed by atoms with E-state index in [0.29, 0.717) is 22.2 Å². The molecule has 0 saturated carbocycles. The van der Waals surface area contributed by atoms with E-state index in [9.17, 15) is 4.79 Å². The molecule has 0 aliphatic heterocycles. The monoisotopic (exact) mass is 364 g/mol. The summed E-state index contributed by atoms with van der Waals surface area (Å²) >= 11 is 1.38. The van der Waals surface area contributed by atoms with Crippen molar-refractivity contribution in [2.75, 3.05) is 5.32 Å². The van der Waals surface area contributed by atoms with Crippen LogP contribution in [-0.2, 0) is 0 Å². The van der Waals surface area contributed by atoms with E-state index in [4.69, 9.17) is 0 Å². The Morgan fingerprint density at radius 2 is 2.04 bits per heavy atom. The Morgan fingerprint density at radius 1 is 1.19 bits per heavy atom. The van der Waals surface area contributed by atoms with E-state index in [0.717, 1.165) is 21.5 Å². The molecular weight excluding hydrogens is 348 g/mol. The van der Waals surface area contributed by atoms with Crippen LogP contribution in [0.3, 0.4) is 0 Å². The van der Waals surface area contributed by atoms with Crippen LogP contribution < -0.4 is 5.32 Å². The molecule has 0 aliphatic rings. The molecule has 7 nitrogen and oxygen atoms in total. The second-order valence-corrected chi connectivity index (χ2v) is 6.90. The molecular formula is C18H16N6OS. The third kappa shape index (κ3) is 2.84. The Balaban J connectivity index is 1.61. The number of hydrogen-bond acceptors (Lipinski definition) is 6. The molecule has 1 amide bonds. The highest BCUT2D eigenvalue weighted by atomic mass is 32.1. The number of thiophene rings is 1. The molecule has 0 unspecified atom stereocenters. The van der Waals surface area contributed by atoms with Crippen LogP contribution in [0.1, 0.15) is 26.8 Å². The second-order valence-electron chi connectivity index (χ2n) is 5.90. The summed E-state index contributed by atoms with van der Waals surface area (Å²) in [7, 11) is 0. The standard InChI is InChI=1S/C18H16N6OS/c1-10-15-11(2)21-12(3)22-18(15)26-16(10)17(25)23-13-5-6-14(19-9-13)24-8-4-7-20-24/h4-9H,1-3H3,(H,23,25). The first-order valence-electron chi connectivity index (χ1n) is 8.04. The number of hydrogen-bond donors (Lipinski definition) is 1. The van der Waals surface area contributed by atoms with Crippen LogP contribution in [0.2, 0.25) is 0 Å². The number of nitrogens with zero attached hydrogens (tertiary/aromatic N) is 5. The zero-order valence-electron chi connectivity index (χ0n) is 14.5. The van der Waals surface area contributed by atoms with E-state index in [-0.39, 0.29) is 5.91 Å². The Morgan fingerprint density at radius 3 is 2.73 bits per heavy atom. The van der Waals surface area contributed by atoms with Gasteiger partial charge in [0.15, 0.2) is 5.82 Å². The number of carbonyl (C=O) groups excluding carboxylic acids is 1. The molecule has 0 fully saturated rings. The lowest BCUT2D eigenvalue weighted by molar-refractivity contribution is 0.103. The molecule has 1 N–H and O–H groups in total. The molecule has 4 aromatic heterocycles. The Labute approximate surface area is 153 Å². The first-order chi connectivity index (χ1) is 12.5. The SMILES string of the molecule is Cc1nc(C)c2c(C)c(C(=O)Nc3ccc(-n4cccn4)nc3)sc2n1. The van der Waals surface area contributed by atoms with E-state index in [2.05, 4.69) is 25.4 Å². The maximum absolute atomic E-state index is 12.7. The van der Waals surface area contributed by atoms with Crippen molar-refractivity contribution in [3.8, 4) is 5.82 Å². The van der Waals surface area contributed by atoms with E-state index in [1.54, 1.807) is 29.2 Å². The van der Waals surface area contributed by atoms with Gasteiger partial charge < -0.3 is 5.32 Å². The number of nitrogens with one attached hydrogen (secondary N) is 1. The summed E-state index contributed by atoms with van der Waals surface area (Å²) in [5.74, 6) is 1.23. The summed E-state index contributed by atoms with van der Waals surface area (Å²) in [5.41, 5.74) is 2.42. The van der Waals surface area contributed by atoms with Gasteiger partial charge in [0.1, 0.15) is 10.7 Å². The van der Waals surface area contributed by atoms with Crippen LogP contribution in [0, 0.1) is 20.8 Å². The first-order valence-corrected chi connectivity index (χ1v) is 8.86. The molecule has 4 aromatic rings. The lowest BCUT2D eigenvalue weighted by atomic mass is 10.1. The van der Waals surface area contributed by atoms with Crippen LogP contribution >= 0.6 is 11.3 Å². The summed E-state index contributed by atoms with van der Waals surface area (Å²) in [5, 5.41) is 7.99. The molecule has 0 saturated heterocycles. The minimum atomic E-state index is -0.170. The van der Waals surface area contributed by atoms with Gasteiger partial charge >= 0.3 is 0 Å². The zero-order valence-corrected chi connectivity index (χ0v) is 15.3. The summed E-state index contributed by atoms with van der Waals surface area (Å²) in [6.07, 6.45) is 5.12. The highest BCUT2D eigenvalue weighted by Gasteiger charge is 2.19. The average molecular weight is 364 g/mol. The smallest absolute Gasteiger partial charge is 0.266 e. The zero-order chi connectivity index (χ0) is 18.3. The van der Waals surface area contributed by atoms with Gasteiger partial charge in [-0.2, -0.15) is 5.10 Å². The molecule has 0 aliphatic carbocycles. The van der Waals surface area contributed by atoms with Crippen molar-refractivity contribution in [1.82, 2.24) is 24.7 Å². The average Bonchev–Trinajstić information content (AvgIpc) is 3.24. The predicted octanol–water partition coefficient (Wildman–Crippen LogP) is 3.45. The van der Waals surface area contributed by atoms with Crippen molar-refractivity contribution in [2.24, 2.45) is 0 Å². The highest BCUT2D eigenvalue weighted by molar-refractivity contribution is 7.20. The number of fused-ring (bicyclic) bond motifs is 1. The van der Waals surface area contributed by atoms with Gasteiger partial charge in [-0.3, -0.25) is 4.79 Å². The third-order valence-corrected chi connectivity index (χ3v) is 5.22. The van der Waals surface area contributed by atoms with Crippen LogP contribution in [0.4, 0.5) is 5.69 Å². The summed E-state index contributed by atoms with van der Waals surface area (Å²) in [6.45, 7) is 5.73. The quantitative estimate of drug-likeness (QED) is 0.602. The van der Waals surface area contributed by atoms with Gasteiger partial charge in [0, 0.05) is 23.5 Å². The van der Waals surface area contributed by atoms with Crippen LogP contribution in [0.5, 0.6) is 0 Å². The van der Waals surface area contributed by atoms with Gasteiger partial charge in [-0.05, 0) is 44.5 Å². The normalized spacial score (nSPS) is 11.0. The van der Waals surface area contributed by atoms with Crippen molar-refractivity contribution >= 4 is 33.1 Å². The fourth-order valence-electron chi connectivity index (χ4n) is 2.88. The lowest BCUT2D eigenvalue weighted by Gasteiger charge is -2.06. The summed E-state index contributed by atoms with van der Waals surface area (Å²) in [4.78, 5) is 27.4. The van der Waals surface area contributed by atoms with E-state index < -0.39 is 0 Å². The van der Waals surface area contributed by atoms with Crippen LogP contribution in [0.25, 0.3) is 16.0 Å². The molecule has 4 heterocycles. The molecule has 4 rings (SSSR count). The minimum Gasteiger partial charge on any atom is -0.320 e. The third-order valence-electron chi connectivity index (χ3n) is 4.03. The number of pyridine rings is 1. The van der Waals surface area contributed by atoms with Gasteiger partial charge in [-0.25, -0.2) is 19.6 Å². The number of aromatic nitrogens is 5. The number of carbonyl (C=O) groups is 1. The number of anilines is 1. The topological polar surface area (TPSA) is 85.6 Å². The van der Waals surface area contributed by atoms with E-state index in [1.165, 1.54) is 11.3 Å². The molecule has 0 spiro atoms. The van der Waals surface area contributed by atoms with Crippen LogP contribution in [0.15, 0.2) is 36.8 Å². The van der Waals surface area contributed by atoms with Gasteiger partial charge in [0.05, 0.1) is 16.8 Å². The fourth-order valence-corrected chi connectivity index (χ4v) is 4.05. The Kier molecular flexibility index (Phi) is 3.96. The molecule has 8 heteroatoms. The number of rotatable bonds is 3. The molecule has 0 aromatic carbocycles. The van der Waals surface area contributed by atoms with Gasteiger partial charge in [-0.1, -0.05) is 0 Å². The van der Waals surface area contributed by atoms with Gasteiger partial charge in [0.2, 0.25) is 0 Å². The molecule has 130 valence electrons. The largest absolute Gasteiger partial charge is 0.320 e. The molecule has 0 atom stereocenters. The van der Waals surface area contributed by atoms with Gasteiger partial charge in [0.25, 0.3) is 5.91 Å². The fraction of sp³-hybridized carbons (Fsp3) is 0.167. The van der Waals surface area contributed by atoms with Gasteiger partial charge in [-0.15, -0.1) is 11.3 Å². The maximum atomic E-state index is 12.7. The lowest BCUT2D eigenvalue weighted by Crippen LogP contribution is -2.12.